The Labute approximate surface area is 118 Å². The Hall–Kier alpha value is -0.360. The van der Waals surface area contributed by atoms with Crippen molar-refractivity contribution in [1.82, 2.24) is 0 Å². The molecule has 18 heavy (non-hydrogen) atoms. The second-order valence-electron chi connectivity index (χ2n) is 4.84. The summed E-state index contributed by atoms with van der Waals surface area (Å²) in [5, 5.41) is 0. The Morgan fingerprint density at radius 3 is 2.06 bits per heavy atom. The van der Waals surface area contributed by atoms with Gasteiger partial charge in [-0.2, -0.15) is 23.5 Å². The number of carbonyl (C=O) groups is 2. The summed E-state index contributed by atoms with van der Waals surface area (Å²) in [6.45, 7) is 3.75. The maximum Gasteiger partial charge on any atom is 0.223 e. The van der Waals surface area contributed by atoms with Gasteiger partial charge in [-0.15, -0.1) is 0 Å². The zero-order chi connectivity index (χ0) is 14.0. The molecule has 0 aliphatic carbocycles. The minimum atomic E-state index is -0.416. The molecule has 0 bridgehead atoms. The van der Waals surface area contributed by atoms with Crippen LogP contribution in [0.4, 0.5) is 0 Å². The lowest BCUT2D eigenvalue weighted by atomic mass is 9.96. The quantitative estimate of drug-likeness (QED) is 0.567. The average molecular weight is 292 g/mol. The lowest BCUT2D eigenvalue weighted by Crippen LogP contribution is -2.33. The van der Waals surface area contributed by atoms with Gasteiger partial charge in [0, 0.05) is 17.9 Å². The first kappa shape index (κ1) is 17.6. The van der Waals surface area contributed by atoms with Gasteiger partial charge in [-0.25, -0.2) is 0 Å². The second kappa shape index (κ2) is 9.55. The zero-order valence-electron chi connectivity index (χ0n) is 11.2. The summed E-state index contributed by atoms with van der Waals surface area (Å²) in [5.74, 6) is 3.23. The molecule has 0 aromatic rings. The predicted molar refractivity (Wildman–Crippen MR) is 80.7 cm³/mol. The van der Waals surface area contributed by atoms with Crippen molar-refractivity contribution in [3.8, 4) is 0 Å². The molecule has 0 rings (SSSR count). The van der Waals surface area contributed by atoms with Crippen LogP contribution in [0.3, 0.4) is 0 Å². The van der Waals surface area contributed by atoms with Crippen LogP contribution in [0.5, 0.6) is 0 Å². The summed E-state index contributed by atoms with van der Waals surface area (Å²) in [6, 6.07) is 0. The monoisotopic (exact) mass is 292 g/mol. The van der Waals surface area contributed by atoms with Crippen molar-refractivity contribution >= 4 is 35.3 Å². The van der Waals surface area contributed by atoms with Crippen molar-refractivity contribution in [3.63, 3.8) is 0 Å². The third kappa shape index (κ3) is 9.65. The van der Waals surface area contributed by atoms with Crippen LogP contribution in [0, 0.1) is 5.41 Å². The van der Waals surface area contributed by atoms with Crippen LogP contribution in [0.2, 0.25) is 0 Å². The largest absolute Gasteiger partial charge is 0.370 e. The minimum Gasteiger partial charge on any atom is -0.370 e. The van der Waals surface area contributed by atoms with Crippen LogP contribution in [-0.2, 0) is 9.59 Å². The van der Waals surface area contributed by atoms with Crippen molar-refractivity contribution in [3.05, 3.63) is 0 Å². The Balaban J connectivity index is 3.31. The molecular weight excluding hydrogens is 268 g/mol. The first-order chi connectivity index (χ1) is 8.36. The Bertz CT molecular complexity index is 271. The zero-order valence-corrected chi connectivity index (χ0v) is 12.9. The van der Waals surface area contributed by atoms with E-state index >= 15 is 0 Å². The highest BCUT2D eigenvalue weighted by molar-refractivity contribution is 7.99. The number of hydrogen-bond acceptors (Lipinski definition) is 4. The average Bonchev–Trinajstić information content (AvgIpc) is 2.26. The first-order valence-electron chi connectivity index (χ1n) is 6.10. The highest BCUT2D eigenvalue weighted by Gasteiger charge is 2.24. The second-order valence-corrected chi connectivity index (χ2v) is 7.17. The molecule has 0 atom stereocenters. The number of carbonyl (C=O) groups excluding carboxylic acids is 2. The molecule has 4 nitrogen and oxygen atoms in total. The fourth-order valence-corrected chi connectivity index (χ4v) is 3.24. The fraction of sp³-hybridized carbons (Fsp3) is 0.833. The van der Waals surface area contributed by atoms with Crippen LogP contribution >= 0.6 is 23.5 Å². The SMILES string of the molecule is CC(C)(CSCCCCSCCC(N)=O)C(N)=O. The van der Waals surface area contributed by atoms with Gasteiger partial charge < -0.3 is 11.5 Å². The van der Waals surface area contributed by atoms with Crippen molar-refractivity contribution in [2.75, 3.05) is 23.0 Å². The molecule has 0 spiro atoms. The Morgan fingerprint density at radius 1 is 1.00 bits per heavy atom. The molecule has 0 aliphatic heterocycles. The normalized spacial score (nSPS) is 11.4. The smallest absolute Gasteiger partial charge is 0.223 e. The highest BCUT2D eigenvalue weighted by atomic mass is 32.2. The maximum absolute atomic E-state index is 11.1. The van der Waals surface area contributed by atoms with E-state index in [0.717, 1.165) is 35.9 Å². The van der Waals surface area contributed by atoms with Crippen LogP contribution in [-0.4, -0.2) is 34.8 Å². The van der Waals surface area contributed by atoms with E-state index < -0.39 is 5.41 Å². The molecule has 106 valence electrons. The van der Waals surface area contributed by atoms with Gasteiger partial charge in [0.15, 0.2) is 0 Å². The standard InChI is InChI=1S/C12H24N2O2S2/c1-12(2,11(14)16)9-18-7-4-3-6-17-8-5-10(13)15/h3-9H2,1-2H3,(H2,13,15)(H2,14,16). The molecule has 0 aromatic heterocycles. The van der Waals surface area contributed by atoms with E-state index in [9.17, 15) is 9.59 Å². The van der Waals surface area contributed by atoms with E-state index in [4.69, 9.17) is 11.5 Å². The molecule has 0 radical (unpaired) electrons. The van der Waals surface area contributed by atoms with E-state index in [0.29, 0.717) is 6.42 Å². The van der Waals surface area contributed by atoms with Crippen molar-refractivity contribution in [1.29, 1.82) is 0 Å². The molecule has 0 saturated heterocycles. The van der Waals surface area contributed by atoms with Gasteiger partial charge in [0.2, 0.25) is 11.8 Å². The lowest BCUT2D eigenvalue weighted by molar-refractivity contribution is -0.124. The van der Waals surface area contributed by atoms with Crippen molar-refractivity contribution in [2.45, 2.75) is 33.1 Å². The highest BCUT2D eigenvalue weighted by Crippen LogP contribution is 2.22. The fourth-order valence-electron chi connectivity index (χ4n) is 1.08. The summed E-state index contributed by atoms with van der Waals surface area (Å²) in [7, 11) is 0. The van der Waals surface area contributed by atoms with Gasteiger partial charge in [0.1, 0.15) is 0 Å². The summed E-state index contributed by atoms with van der Waals surface area (Å²) in [6.07, 6.45) is 2.72. The van der Waals surface area contributed by atoms with Crippen LogP contribution in [0.15, 0.2) is 0 Å². The van der Waals surface area contributed by atoms with Crippen molar-refractivity contribution < 1.29 is 9.59 Å². The van der Waals surface area contributed by atoms with Gasteiger partial charge in [-0.05, 0) is 24.3 Å². The molecule has 4 N–H and O–H groups in total. The van der Waals surface area contributed by atoms with E-state index in [-0.39, 0.29) is 11.8 Å². The van der Waals surface area contributed by atoms with Gasteiger partial charge >= 0.3 is 0 Å². The summed E-state index contributed by atoms with van der Waals surface area (Å²) in [5.41, 5.74) is 9.93. The molecule has 2 amide bonds. The van der Waals surface area contributed by atoms with Gasteiger partial charge in [-0.3, -0.25) is 9.59 Å². The molecule has 0 aliphatic rings. The van der Waals surface area contributed by atoms with Gasteiger partial charge in [-0.1, -0.05) is 13.8 Å². The van der Waals surface area contributed by atoms with Crippen molar-refractivity contribution in [2.24, 2.45) is 16.9 Å². The topological polar surface area (TPSA) is 86.2 Å². The van der Waals surface area contributed by atoms with Gasteiger partial charge in [0.25, 0.3) is 0 Å². The third-order valence-electron chi connectivity index (χ3n) is 2.45. The van der Waals surface area contributed by atoms with Crippen LogP contribution < -0.4 is 11.5 Å². The van der Waals surface area contributed by atoms with Crippen LogP contribution in [0.1, 0.15) is 33.1 Å². The number of amides is 2. The van der Waals surface area contributed by atoms with E-state index in [1.54, 1.807) is 23.5 Å². The number of thioether (sulfide) groups is 2. The minimum absolute atomic E-state index is 0.230. The first-order valence-corrected chi connectivity index (χ1v) is 8.41. The van der Waals surface area contributed by atoms with Gasteiger partial charge in [0.05, 0.1) is 5.41 Å². The molecular formula is C12H24N2O2S2. The molecule has 0 saturated carbocycles. The summed E-state index contributed by atoms with van der Waals surface area (Å²) >= 11 is 3.54. The molecule has 0 unspecified atom stereocenters. The molecule has 0 heterocycles. The molecule has 0 fully saturated rings. The molecule has 6 heteroatoms. The predicted octanol–water partition coefficient (Wildman–Crippen LogP) is 1.62. The number of primary amides is 2. The summed E-state index contributed by atoms with van der Waals surface area (Å²) < 4.78 is 0. The lowest BCUT2D eigenvalue weighted by Gasteiger charge is -2.19. The maximum atomic E-state index is 11.1. The number of hydrogen-bond donors (Lipinski definition) is 2. The molecule has 0 aromatic carbocycles. The van der Waals surface area contributed by atoms with Crippen LogP contribution in [0.25, 0.3) is 0 Å². The Kier molecular flexibility index (Phi) is 9.36. The number of unbranched alkanes of at least 4 members (excludes halogenated alkanes) is 1. The number of rotatable bonds is 11. The summed E-state index contributed by atoms with van der Waals surface area (Å²) in [4.78, 5) is 21.6. The Morgan fingerprint density at radius 2 is 1.56 bits per heavy atom. The van der Waals surface area contributed by atoms with E-state index in [2.05, 4.69) is 0 Å². The van der Waals surface area contributed by atoms with E-state index in [1.807, 2.05) is 13.8 Å². The number of nitrogens with two attached hydrogens (primary N) is 2. The third-order valence-corrected chi connectivity index (χ3v) is 5.02. The van der Waals surface area contributed by atoms with E-state index in [1.165, 1.54) is 0 Å².